The summed E-state index contributed by atoms with van der Waals surface area (Å²) in [7, 11) is 5.07. The van der Waals surface area contributed by atoms with Crippen LogP contribution in [0.5, 0.6) is 0 Å². The molecular formula is C17H24N4O4. The Morgan fingerprint density at radius 2 is 1.92 bits per heavy atom. The topological polar surface area (TPSA) is 105 Å². The fraction of sp³-hybridized carbons (Fsp3) is 0.529. The van der Waals surface area contributed by atoms with E-state index in [4.69, 9.17) is 0 Å². The van der Waals surface area contributed by atoms with E-state index < -0.39 is 16.2 Å². The van der Waals surface area contributed by atoms with Gasteiger partial charge >= 0.3 is 0 Å². The molecule has 0 heterocycles. The van der Waals surface area contributed by atoms with Crippen LogP contribution in [0.4, 0.5) is 11.4 Å². The van der Waals surface area contributed by atoms with E-state index in [1.54, 1.807) is 26.0 Å². The van der Waals surface area contributed by atoms with Crippen LogP contribution in [-0.2, 0) is 4.79 Å². The maximum Gasteiger partial charge on any atom is 0.270 e. The third-order valence-corrected chi connectivity index (χ3v) is 4.74. The summed E-state index contributed by atoms with van der Waals surface area (Å²) >= 11 is 0. The largest absolute Gasteiger partial charge is 0.387 e. The summed E-state index contributed by atoms with van der Waals surface area (Å²) in [5.74, 6) is -0.413. The Morgan fingerprint density at radius 3 is 2.44 bits per heavy atom. The van der Waals surface area contributed by atoms with Gasteiger partial charge in [-0.1, -0.05) is 12.8 Å². The molecule has 0 bridgehead atoms. The minimum absolute atomic E-state index is 0.0122. The SMILES string of the molecule is CNc1ccc([N+](=O)[O-])cc1C(=O)NCC1(C(=O)N(C)C)CCCC1. The molecular weight excluding hydrogens is 324 g/mol. The second-order valence-corrected chi connectivity index (χ2v) is 6.61. The molecule has 0 unspecified atom stereocenters. The number of nitrogens with one attached hydrogen (secondary N) is 2. The average molecular weight is 348 g/mol. The second kappa shape index (κ2) is 7.50. The monoisotopic (exact) mass is 348 g/mol. The molecule has 25 heavy (non-hydrogen) atoms. The van der Waals surface area contributed by atoms with Crippen molar-refractivity contribution in [3.63, 3.8) is 0 Å². The summed E-state index contributed by atoms with van der Waals surface area (Å²) in [4.78, 5) is 37.1. The molecule has 0 saturated heterocycles. The van der Waals surface area contributed by atoms with Crippen molar-refractivity contribution in [3.05, 3.63) is 33.9 Å². The number of anilines is 1. The molecule has 0 aromatic heterocycles. The van der Waals surface area contributed by atoms with Crippen molar-refractivity contribution in [2.45, 2.75) is 25.7 Å². The minimum atomic E-state index is -0.584. The molecule has 0 radical (unpaired) electrons. The molecule has 1 fully saturated rings. The predicted molar refractivity (Wildman–Crippen MR) is 94.6 cm³/mol. The molecule has 0 aliphatic heterocycles. The van der Waals surface area contributed by atoms with Crippen LogP contribution in [0.15, 0.2) is 18.2 Å². The van der Waals surface area contributed by atoms with Crippen molar-refractivity contribution < 1.29 is 14.5 Å². The van der Waals surface area contributed by atoms with E-state index in [2.05, 4.69) is 10.6 Å². The van der Waals surface area contributed by atoms with Gasteiger partial charge in [-0.2, -0.15) is 0 Å². The van der Waals surface area contributed by atoms with E-state index in [0.29, 0.717) is 5.69 Å². The van der Waals surface area contributed by atoms with Crippen molar-refractivity contribution in [1.82, 2.24) is 10.2 Å². The minimum Gasteiger partial charge on any atom is -0.387 e. The number of nitro groups is 1. The second-order valence-electron chi connectivity index (χ2n) is 6.61. The Labute approximate surface area is 146 Å². The van der Waals surface area contributed by atoms with Gasteiger partial charge in [-0.15, -0.1) is 0 Å². The standard InChI is InChI=1S/C17H24N4O4/c1-18-14-7-6-12(21(24)25)10-13(14)15(22)19-11-17(8-4-5-9-17)16(23)20(2)3/h6-7,10,18H,4-5,8-9,11H2,1-3H3,(H,19,22). The number of nitrogens with zero attached hydrogens (tertiary/aromatic N) is 2. The highest BCUT2D eigenvalue weighted by atomic mass is 16.6. The first-order valence-electron chi connectivity index (χ1n) is 8.27. The zero-order valence-corrected chi connectivity index (χ0v) is 14.8. The molecule has 1 saturated carbocycles. The summed E-state index contributed by atoms with van der Waals surface area (Å²) < 4.78 is 0. The van der Waals surface area contributed by atoms with Crippen LogP contribution in [0.25, 0.3) is 0 Å². The number of non-ortho nitro benzene ring substituents is 1. The van der Waals surface area contributed by atoms with Gasteiger partial charge in [-0.3, -0.25) is 19.7 Å². The maximum absolute atomic E-state index is 12.6. The van der Waals surface area contributed by atoms with Gasteiger partial charge in [0.15, 0.2) is 0 Å². The van der Waals surface area contributed by atoms with Crippen molar-refractivity contribution in [2.75, 3.05) is 33.0 Å². The normalized spacial score (nSPS) is 15.5. The average Bonchev–Trinajstić information content (AvgIpc) is 3.08. The maximum atomic E-state index is 12.6. The van der Waals surface area contributed by atoms with Gasteiger partial charge in [0.25, 0.3) is 11.6 Å². The predicted octanol–water partition coefficient (Wildman–Crippen LogP) is 2.01. The molecule has 1 aromatic rings. The van der Waals surface area contributed by atoms with Crippen LogP contribution >= 0.6 is 0 Å². The van der Waals surface area contributed by atoms with E-state index in [9.17, 15) is 19.7 Å². The zero-order valence-electron chi connectivity index (χ0n) is 14.8. The summed E-state index contributed by atoms with van der Waals surface area (Å²) in [6.07, 6.45) is 3.37. The summed E-state index contributed by atoms with van der Waals surface area (Å²) in [5, 5.41) is 16.6. The first kappa shape index (κ1) is 18.7. The van der Waals surface area contributed by atoms with Crippen molar-refractivity contribution in [2.24, 2.45) is 5.41 Å². The van der Waals surface area contributed by atoms with Gasteiger partial charge in [-0.05, 0) is 18.9 Å². The van der Waals surface area contributed by atoms with Crippen LogP contribution in [0.2, 0.25) is 0 Å². The van der Waals surface area contributed by atoms with Crippen molar-refractivity contribution in [3.8, 4) is 0 Å². The Bertz CT molecular complexity index is 681. The third-order valence-electron chi connectivity index (χ3n) is 4.74. The number of hydrogen-bond donors (Lipinski definition) is 2. The highest BCUT2D eigenvalue weighted by molar-refractivity contribution is 6.00. The third kappa shape index (κ3) is 3.89. The van der Waals surface area contributed by atoms with Gasteiger partial charge in [0.05, 0.1) is 15.9 Å². The zero-order chi connectivity index (χ0) is 18.6. The molecule has 2 rings (SSSR count). The Balaban J connectivity index is 2.20. The fourth-order valence-electron chi connectivity index (χ4n) is 3.39. The van der Waals surface area contributed by atoms with Gasteiger partial charge in [0.2, 0.25) is 5.91 Å². The van der Waals surface area contributed by atoms with Crippen molar-refractivity contribution >= 4 is 23.2 Å². The summed E-state index contributed by atoms with van der Waals surface area (Å²) in [6, 6.07) is 4.09. The number of amides is 2. The molecule has 1 aliphatic carbocycles. The van der Waals surface area contributed by atoms with E-state index in [0.717, 1.165) is 25.7 Å². The van der Waals surface area contributed by atoms with Crippen molar-refractivity contribution in [1.29, 1.82) is 0 Å². The highest BCUT2D eigenvalue weighted by Crippen LogP contribution is 2.39. The molecule has 8 heteroatoms. The lowest BCUT2D eigenvalue weighted by Gasteiger charge is -2.30. The fourth-order valence-corrected chi connectivity index (χ4v) is 3.39. The first-order valence-corrected chi connectivity index (χ1v) is 8.27. The number of rotatable bonds is 6. The molecule has 0 spiro atoms. The lowest BCUT2D eigenvalue weighted by molar-refractivity contribution is -0.384. The molecule has 136 valence electrons. The smallest absolute Gasteiger partial charge is 0.270 e. The van der Waals surface area contributed by atoms with Crippen LogP contribution < -0.4 is 10.6 Å². The number of benzene rings is 1. The van der Waals surface area contributed by atoms with E-state index in [-0.39, 0.29) is 23.7 Å². The molecule has 0 atom stereocenters. The first-order chi connectivity index (χ1) is 11.8. The molecule has 8 nitrogen and oxygen atoms in total. The molecule has 1 aliphatic rings. The Morgan fingerprint density at radius 1 is 1.28 bits per heavy atom. The van der Waals surface area contributed by atoms with Crippen LogP contribution in [0.1, 0.15) is 36.0 Å². The van der Waals surface area contributed by atoms with Gasteiger partial charge in [-0.25, -0.2) is 0 Å². The molecule has 2 amide bonds. The quantitative estimate of drug-likeness (QED) is 0.604. The number of carbonyl (C=O) groups is 2. The Kier molecular flexibility index (Phi) is 5.61. The summed E-state index contributed by atoms with van der Waals surface area (Å²) in [5.41, 5.74) is -0.0339. The van der Waals surface area contributed by atoms with E-state index in [1.165, 1.54) is 18.2 Å². The van der Waals surface area contributed by atoms with Crippen LogP contribution in [0, 0.1) is 15.5 Å². The number of carbonyl (C=O) groups excluding carboxylic acids is 2. The number of hydrogen-bond acceptors (Lipinski definition) is 5. The lowest BCUT2D eigenvalue weighted by atomic mass is 9.84. The van der Waals surface area contributed by atoms with Gasteiger partial charge in [0, 0.05) is 45.5 Å². The lowest BCUT2D eigenvalue weighted by Crippen LogP contribution is -2.46. The van der Waals surface area contributed by atoms with E-state index in [1.807, 2.05) is 0 Å². The Hall–Kier alpha value is -2.64. The van der Waals surface area contributed by atoms with Gasteiger partial charge in [0.1, 0.15) is 0 Å². The highest BCUT2D eigenvalue weighted by Gasteiger charge is 2.42. The van der Waals surface area contributed by atoms with Crippen LogP contribution in [-0.4, -0.2) is 49.3 Å². The van der Waals surface area contributed by atoms with Crippen LogP contribution in [0.3, 0.4) is 0 Å². The molecule has 1 aromatic carbocycles. The number of nitro benzene ring substituents is 1. The van der Waals surface area contributed by atoms with E-state index >= 15 is 0 Å². The summed E-state index contributed by atoms with van der Waals surface area (Å²) in [6.45, 7) is 0.231. The molecule has 2 N–H and O–H groups in total. The van der Waals surface area contributed by atoms with Gasteiger partial charge < -0.3 is 15.5 Å².